The van der Waals surface area contributed by atoms with Crippen molar-refractivity contribution in [1.29, 1.82) is 0 Å². The third-order valence-corrected chi connectivity index (χ3v) is 4.30. The summed E-state index contributed by atoms with van der Waals surface area (Å²) >= 11 is 0. The average molecular weight is 293 g/mol. The summed E-state index contributed by atoms with van der Waals surface area (Å²) < 4.78 is 29.4. The number of hydrogen-bond donors (Lipinski definition) is 1. The number of benzene rings is 2. The molecule has 0 heterocycles. The Morgan fingerprint density at radius 3 is 2.75 bits per heavy atom. The molecule has 0 saturated heterocycles. The van der Waals surface area contributed by atoms with Crippen LogP contribution in [-0.2, 0) is 14.4 Å². The van der Waals surface area contributed by atoms with Gasteiger partial charge in [0.25, 0.3) is 0 Å². The standard InChI is InChI=1S/C15H19NO3S/c1-3-4-10-16-19-20(17,18)15-7-5-6-13-9-8-12(2)11-14(13)15/h5-9,11,16H,3-4,10H2,1-2H3. The van der Waals surface area contributed by atoms with Gasteiger partial charge in [-0.05, 0) is 24.8 Å². The number of fused-ring (bicyclic) bond motifs is 1. The van der Waals surface area contributed by atoms with E-state index in [1.807, 2.05) is 38.1 Å². The lowest BCUT2D eigenvalue weighted by molar-refractivity contribution is 0.202. The van der Waals surface area contributed by atoms with Gasteiger partial charge in [-0.3, -0.25) is 0 Å². The molecule has 108 valence electrons. The molecule has 0 aliphatic rings. The van der Waals surface area contributed by atoms with E-state index in [2.05, 4.69) is 5.48 Å². The molecule has 0 aromatic heterocycles. The molecule has 0 radical (unpaired) electrons. The molecular weight excluding hydrogens is 274 g/mol. The molecule has 0 bridgehead atoms. The molecule has 0 unspecified atom stereocenters. The van der Waals surface area contributed by atoms with Crippen LogP contribution in [0.3, 0.4) is 0 Å². The Morgan fingerprint density at radius 2 is 2.00 bits per heavy atom. The van der Waals surface area contributed by atoms with Crippen molar-refractivity contribution in [3.63, 3.8) is 0 Å². The summed E-state index contributed by atoms with van der Waals surface area (Å²) in [6.07, 6.45) is 1.84. The summed E-state index contributed by atoms with van der Waals surface area (Å²) in [6.45, 7) is 4.48. The van der Waals surface area contributed by atoms with Gasteiger partial charge in [0.1, 0.15) is 4.90 Å². The van der Waals surface area contributed by atoms with Gasteiger partial charge in [0.2, 0.25) is 0 Å². The molecule has 2 rings (SSSR count). The van der Waals surface area contributed by atoms with Crippen molar-refractivity contribution in [1.82, 2.24) is 5.48 Å². The molecule has 0 aliphatic carbocycles. The fourth-order valence-corrected chi connectivity index (χ4v) is 3.01. The molecule has 4 nitrogen and oxygen atoms in total. The van der Waals surface area contributed by atoms with Crippen LogP contribution < -0.4 is 5.48 Å². The van der Waals surface area contributed by atoms with E-state index in [4.69, 9.17) is 4.28 Å². The zero-order chi connectivity index (χ0) is 14.6. The molecule has 0 amide bonds. The zero-order valence-corrected chi connectivity index (χ0v) is 12.5. The van der Waals surface area contributed by atoms with E-state index >= 15 is 0 Å². The van der Waals surface area contributed by atoms with Crippen molar-refractivity contribution in [2.75, 3.05) is 6.54 Å². The van der Waals surface area contributed by atoms with Gasteiger partial charge in [0, 0.05) is 11.9 Å². The first kappa shape index (κ1) is 15.0. The van der Waals surface area contributed by atoms with Gasteiger partial charge in [0.05, 0.1) is 0 Å². The molecule has 0 saturated carbocycles. The second kappa shape index (κ2) is 6.35. The van der Waals surface area contributed by atoms with Crippen molar-refractivity contribution < 1.29 is 12.7 Å². The van der Waals surface area contributed by atoms with Crippen LogP contribution in [0, 0.1) is 6.92 Å². The average Bonchev–Trinajstić information content (AvgIpc) is 2.43. The molecule has 0 atom stereocenters. The Kier molecular flexibility index (Phi) is 4.75. The highest BCUT2D eigenvalue weighted by Gasteiger charge is 2.18. The van der Waals surface area contributed by atoms with Crippen LogP contribution in [0.2, 0.25) is 0 Å². The summed E-state index contributed by atoms with van der Waals surface area (Å²) in [5.74, 6) is 0. The second-order valence-corrected chi connectivity index (χ2v) is 6.28. The highest BCUT2D eigenvalue weighted by Crippen LogP contribution is 2.25. The Labute approximate surface area is 119 Å². The van der Waals surface area contributed by atoms with Gasteiger partial charge in [0.15, 0.2) is 0 Å². The van der Waals surface area contributed by atoms with Crippen LogP contribution in [0.4, 0.5) is 0 Å². The van der Waals surface area contributed by atoms with E-state index in [0.717, 1.165) is 23.8 Å². The Balaban J connectivity index is 2.34. The monoisotopic (exact) mass is 293 g/mol. The van der Waals surface area contributed by atoms with Crippen LogP contribution in [0.15, 0.2) is 41.3 Å². The van der Waals surface area contributed by atoms with Crippen molar-refractivity contribution in [3.8, 4) is 0 Å². The summed E-state index contributed by atoms with van der Waals surface area (Å²) in [7, 11) is -3.80. The van der Waals surface area contributed by atoms with Crippen LogP contribution in [0.5, 0.6) is 0 Å². The first-order valence-electron chi connectivity index (χ1n) is 6.70. The van der Waals surface area contributed by atoms with Gasteiger partial charge < -0.3 is 0 Å². The Morgan fingerprint density at radius 1 is 1.20 bits per heavy atom. The molecule has 0 fully saturated rings. The summed E-state index contributed by atoms with van der Waals surface area (Å²) in [5, 5.41) is 1.57. The SMILES string of the molecule is CCCCNOS(=O)(=O)c1cccc2ccc(C)cc12. The van der Waals surface area contributed by atoms with E-state index in [9.17, 15) is 8.42 Å². The van der Waals surface area contributed by atoms with Gasteiger partial charge in [-0.1, -0.05) is 49.2 Å². The molecule has 2 aromatic carbocycles. The quantitative estimate of drug-likeness (QED) is 0.656. The van der Waals surface area contributed by atoms with Crippen LogP contribution >= 0.6 is 0 Å². The van der Waals surface area contributed by atoms with Gasteiger partial charge in [-0.2, -0.15) is 18.2 Å². The van der Waals surface area contributed by atoms with Crippen molar-refractivity contribution in [2.24, 2.45) is 0 Å². The number of unbranched alkanes of at least 4 members (excludes halogenated alkanes) is 1. The Bertz CT molecular complexity index is 695. The van der Waals surface area contributed by atoms with E-state index in [1.54, 1.807) is 12.1 Å². The predicted octanol–water partition coefficient (Wildman–Crippen LogP) is 3.16. The zero-order valence-electron chi connectivity index (χ0n) is 11.7. The first-order valence-corrected chi connectivity index (χ1v) is 8.11. The minimum atomic E-state index is -3.80. The van der Waals surface area contributed by atoms with Crippen molar-refractivity contribution in [2.45, 2.75) is 31.6 Å². The molecule has 5 heteroatoms. The van der Waals surface area contributed by atoms with E-state index in [1.165, 1.54) is 0 Å². The second-order valence-electron chi connectivity index (χ2n) is 4.77. The largest absolute Gasteiger partial charge is 0.313 e. The predicted molar refractivity (Wildman–Crippen MR) is 79.9 cm³/mol. The fraction of sp³-hybridized carbons (Fsp3) is 0.333. The minimum absolute atomic E-state index is 0.197. The van der Waals surface area contributed by atoms with Crippen LogP contribution in [0.25, 0.3) is 10.8 Å². The van der Waals surface area contributed by atoms with Crippen LogP contribution in [-0.4, -0.2) is 15.0 Å². The molecule has 0 spiro atoms. The summed E-state index contributed by atoms with van der Waals surface area (Å²) in [6, 6.07) is 10.9. The van der Waals surface area contributed by atoms with Gasteiger partial charge in [-0.15, -0.1) is 0 Å². The van der Waals surface area contributed by atoms with Crippen molar-refractivity contribution in [3.05, 3.63) is 42.0 Å². The lowest BCUT2D eigenvalue weighted by Gasteiger charge is -2.09. The molecule has 0 aliphatic heterocycles. The maximum Gasteiger partial charge on any atom is 0.313 e. The maximum atomic E-state index is 12.2. The number of rotatable bonds is 6. The summed E-state index contributed by atoms with van der Waals surface area (Å²) in [4.78, 5) is 0.197. The highest BCUT2D eigenvalue weighted by molar-refractivity contribution is 7.87. The number of hydroxylamine groups is 1. The smallest absolute Gasteiger partial charge is 0.192 e. The first-order chi connectivity index (χ1) is 9.54. The molecule has 1 N–H and O–H groups in total. The molecule has 20 heavy (non-hydrogen) atoms. The van der Waals surface area contributed by atoms with Crippen LogP contribution in [0.1, 0.15) is 25.3 Å². The lowest BCUT2D eigenvalue weighted by atomic mass is 10.1. The third kappa shape index (κ3) is 3.36. The number of hydrogen-bond acceptors (Lipinski definition) is 4. The van der Waals surface area contributed by atoms with E-state index in [-0.39, 0.29) is 4.90 Å². The van der Waals surface area contributed by atoms with E-state index in [0.29, 0.717) is 11.9 Å². The minimum Gasteiger partial charge on any atom is -0.192 e. The third-order valence-electron chi connectivity index (χ3n) is 3.07. The molecule has 2 aromatic rings. The maximum absolute atomic E-state index is 12.2. The van der Waals surface area contributed by atoms with Gasteiger partial charge in [-0.25, -0.2) is 0 Å². The van der Waals surface area contributed by atoms with Gasteiger partial charge >= 0.3 is 10.1 Å². The number of aryl methyl sites for hydroxylation is 1. The normalized spacial score (nSPS) is 11.9. The van der Waals surface area contributed by atoms with Crippen molar-refractivity contribution >= 4 is 20.9 Å². The highest BCUT2D eigenvalue weighted by atomic mass is 32.2. The summed E-state index contributed by atoms with van der Waals surface area (Å²) in [5.41, 5.74) is 3.53. The number of nitrogens with one attached hydrogen (secondary N) is 1. The topological polar surface area (TPSA) is 55.4 Å². The lowest BCUT2D eigenvalue weighted by Crippen LogP contribution is -2.21. The Hall–Kier alpha value is -1.43. The molecular formula is C15H19NO3S. The fourth-order valence-electron chi connectivity index (χ4n) is 1.99. The van der Waals surface area contributed by atoms with E-state index < -0.39 is 10.1 Å².